The molecule has 0 aliphatic carbocycles. The first-order chi connectivity index (χ1) is 16.3. The molecule has 0 aromatic heterocycles. The van der Waals surface area contributed by atoms with Gasteiger partial charge in [-0.2, -0.15) is 0 Å². The minimum Gasteiger partial charge on any atom is -0.312 e. The lowest BCUT2D eigenvalue weighted by molar-refractivity contribution is -0.0780. The van der Waals surface area contributed by atoms with Gasteiger partial charge < -0.3 is 27.9 Å². The summed E-state index contributed by atoms with van der Waals surface area (Å²) in [5.74, 6) is 0. The second-order valence-corrected chi connectivity index (χ2v) is 16.0. The first-order valence-electron chi connectivity index (χ1n) is 9.40. The first kappa shape index (κ1) is 36.6. The van der Waals surface area contributed by atoms with Gasteiger partial charge in [-0.3, -0.25) is 40.8 Å². The van der Waals surface area contributed by atoms with Gasteiger partial charge in [0.15, 0.2) is 6.79 Å². The molecule has 2 fully saturated rings. The number of rotatable bonds is 9. The second kappa shape index (κ2) is 15.4. The molecule has 1 atom stereocenters. The lowest BCUT2D eigenvalue weighted by Crippen LogP contribution is -2.45. The molecule has 0 radical (unpaired) electrons. The molecule has 2 rings (SSSR count). The summed E-state index contributed by atoms with van der Waals surface area (Å²) in [7, 11) is -11.5. The van der Waals surface area contributed by atoms with Crippen LogP contribution in [-0.2, 0) is 72.6 Å². The molecule has 36 heavy (non-hydrogen) atoms. The van der Waals surface area contributed by atoms with Crippen LogP contribution in [0, 0.1) is 5.41 Å². The van der Waals surface area contributed by atoms with Crippen molar-refractivity contribution >= 4 is 38.7 Å². The quantitative estimate of drug-likeness (QED) is 0.275. The minimum atomic E-state index is -4.14. The Morgan fingerprint density at radius 3 is 1.53 bits per heavy atom. The van der Waals surface area contributed by atoms with Crippen molar-refractivity contribution < 1.29 is 82.4 Å². The minimum absolute atomic E-state index is 0.000772. The van der Waals surface area contributed by atoms with Crippen LogP contribution in [0.2, 0.25) is 0 Å². The van der Waals surface area contributed by atoms with Crippen LogP contribution < -0.4 is 0 Å². The molecule has 2 aliphatic heterocycles. The maximum Gasteiger partial charge on any atom is 0.476 e. The second-order valence-electron chi connectivity index (χ2n) is 6.81. The van der Waals surface area contributed by atoms with Gasteiger partial charge in [-0.25, -0.2) is 13.7 Å². The van der Waals surface area contributed by atoms with Crippen LogP contribution in [0.4, 0.5) is 0 Å². The average molecular weight is 632 g/mol. The third kappa shape index (κ3) is 14.7. The summed E-state index contributed by atoms with van der Waals surface area (Å²) in [6, 6.07) is 0. The molecule has 1 spiro atoms. The Hall–Kier alpha value is 0.630. The van der Waals surface area contributed by atoms with E-state index in [4.69, 9.17) is 18.8 Å². The molecule has 2 heterocycles. The summed E-state index contributed by atoms with van der Waals surface area (Å²) < 4.78 is 104. The van der Waals surface area contributed by atoms with E-state index in [0.717, 1.165) is 21.3 Å². The predicted molar refractivity (Wildman–Crippen MR) is 123 cm³/mol. The molecule has 2 aliphatic rings. The summed E-state index contributed by atoms with van der Waals surface area (Å²) in [6.45, 7) is 2.32. The van der Waals surface area contributed by atoms with Gasteiger partial charge in [0.25, 0.3) is 0 Å². The first-order valence-corrected chi connectivity index (χ1v) is 17.8. The van der Waals surface area contributed by atoms with Crippen LogP contribution in [0.25, 0.3) is 0 Å². The Kier molecular flexibility index (Phi) is 15.7. The molecule has 18 nitrogen and oxygen atoms in total. The van der Waals surface area contributed by atoms with Crippen LogP contribution in [-0.4, -0.2) is 91.9 Å². The van der Waals surface area contributed by atoms with Crippen molar-refractivity contribution in [1.29, 1.82) is 0 Å². The van der Waals surface area contributed by atoms with Gasteiger partial charge in [-0.05, 0) is 0 Å². The molecule has 0 aromatic carbocycles. The third-order valence-electron chi connectivity index (χ3n) is 4.05. The number of phosphoric ester groups is 3. The van der Waals surface area contributed by atoms with Crippen LogP contribution in [0.3, 0.4) is 0 Å². The maximum absolute atomic E-state index is 11.4. The fourth-order valence-corrected chi connectivity index (χ4v) is 4.84. The molecule has 2 saturated heterocycles. The lowest BCUT2D eigenvalue weighted by Gasteiger charge is -2.40. The fraction of sp³-hybridized carbons (Fsp3) is 1.00. The van der Waals surface area contributed by atoms with E-state index in [0.29, 0.717) is 0 Å². The van der Waals surface area contributed by atoms with Crippen molar-refractivity contribution in [3.8, 4) is 0 Å². The summed E-state index contributed by atoms with van der Waals surface area (Å²) in [5.41, 5.74) is -0.624. The maximum atomic E-state index is 11.4. The molecule has 2 N–H and O–H groups in total. The fourth-order valence-electron chi connectivity index (χ4n) is 1.73. The summed E-state index contributed by atoms with van der Waals surface area (Å²) >= 11 is 0. The normalized spacial score (nSPS) is 30.4. The molecule has 23 heteroatoms. The highest BCUT2D eigenvalue weighted by Gasteiger charge is 2.47. The van der Waals surface area contributed by atoms with E-state index >= 15 is 0 Å². The van der Waals surface area contributed by atoms with E-state index in [-0.39, 0.29) is 26.4 Å². The molecule has 0 saturated carbocycles. The molecule has 218 valence electrons. The van der Waals surface area contributed by atoms with E-state index in [9.17, 15) is 22.8 Å². The highest BCUT2D eigenvalue weighted by atomic mass is 31.2. The van der Waals surface area contributed by atoms with E-state index in [1.807, 2.05) is 0 Å². The zero-order chi connectivity index (χ0) is 28.3. The van der Waals surface area contributed by atoms with E-state index in [2.05, 4.69) is 40.7 Å². The number of hydrogen-bond donors (Lipinski definition) is 2. The monoisotopic (exact) mass is 632 g/mol. The van der Waals surface area contributed by atoms with Crippen LogP contribution in [0.15, 0.2) is 0 Å². The molecule has 0 amide bonds. The lowest BCUT2D eigenvalue weighted by atomic mass is 9.93. The van der Waals surface area contributed by atoms with Crippen molar-refractivity contribution in [2.45, 2.75) is 0 Å². The Morgan fingerprint density at radius 2 is 1.19 bits per heavy atom. The largest absolute Gasteiger partial charge is 0.476 e. The van der Waals surface area contributed by atoms with Crippen molar-refractivity contribution in [2.75, 3.05) is 82.1 Å². The van der Waals surface area contributed by atoms with Crippen LogP contribution >= 0.6 is 38.7 Å². The van der Waals surface area contributed by atoms with E-state index < -0.39 is 50.9 Å². The summed E-state index contributed by atoms with van der Waals surface area (Å²) in [6.07, 6.45) is 0. The van der Waals surface area contributed by atoms with Crippen molar-refractivity contribution in [2.24, 2.45) is 5.41 Å². The Morgan fingerprint density at radius 1 is 0.778 bits per heavy atom. The van der Waals surface area contributed by atoms with Crippen LogP contribution in [0.1, 0.15) is 0 Å². The van der Waals surface area contributed by atoms with Crippen LogP contribution in [0.5, 0.6) is 0 Å². The smallest absolute Gasteiger partial charge is 0.312 e. The Labute approximate surface area is 209 Å². The Balaban J connectivity index is 0.000000546. The topological polar surface area (TPSA) is 227 Å². The van der Waals surface area contributed by atoms with E-state index in [1.165, 1.54) is 27.5 Å². The SMILES string of the molecule is COP(=O)(O)OCOP(=O)(OC)OC.COP(C)(=O)OC.CP1(=O)OCC2(CO1)COP(=O)(O)OC2. The summed E-state index contributed by atoms with van der Waals surface area (Å²) in [4.78, 5) is 17.7. The van der Waals surface area contributed by atoms with Gasteiger partial charge in [-0.1, -0.05) is 0 Å². The highest BCUT2D eigenvalue weighted by molar-refractivity contribution is 7.53. The molecule has 0 bridgehead atoms. The zero-order valence-electron chi connectivity index (χ0n) is 20.7. The standard InChI is InChI=1S/C6H12O7P2.C4H12O8P2.C3H9O3P/c1-14(7)10-2-6(3-11-14)4-12-15(8,9)13-5-6;1-8-13(5,6)11-4-12-14(7,9-2)10-3;1-5-7(3,4)6-2/h2-5H2,1H3,(H,8,9);4H2,1-3H3,(H,5,6);1-3H3. The van der Waals surface area contributed by atoms with Crippen molar-refractivity contribution in [3.05, 3.63) is 0 Å². The molecule has 1 unspecified atom stereocenters. The molecular formula is C13H33O18P5. The zero-order valence-corrected chi connectivity index (χ0v) is 25.2. The van der Waals surface area contributed by atoms with Gasteiger partial charge in [0.1, 0.15) is 0 Å². The highest BCUT2D eigenvalue weighted by Crippen LogP contribution is 2.56. The van der Waals surface area contributed by atoms with Gasteiger partial charge in [-0.15, -0.1) is 0 Å². The number of hydrogen-bond acceptors (Lipinski definition) is 16. The number of phosphoric acid groups is 3. The van der Waals surface area contributed by atoms with Gasteiger partial charge >= 0.3 is 38.7 Å². The van der Waals surface area contributed by atoms with E-state index in [1.54, 1.807) is 0 Å². The Bertz CT molecular complexity index is 830. The van der Waals surface area contributed by atoms with Crippen molar-refractivity contribution in [3.63, 3.8) is 0 Å². The summed E-state index contributed by atoms with van der Waals surface area (Å²) in [5, 5.41) is 0. The third-order valence-corrected chi connectivity index (χ3v) is 9.69. The van der Waals surface area contributed by atoms with Gasteiger partial charge in [0.2, 0.25) is 0 Å². The van der Waals surface area contributed by atoms with Gasteiger partial charge in [0.05, 0.1) is 31.8 Å². The van der Waals surface area contributed by atoms with Gasteiger partial charge in [0, 0.05) is 48.9 Å². The molecule has 0 aromatic rings. The average Bonchev–Trinajstić information content (AvgIpc) is 2.83. The molecular weight excluding hydrogens is 599 g/mol. The van der Waals surface area contributed by atoms with Crippen molar-refractivity contribution in [1.82, 2.24) is 0 Å². The predicted octanol–water partition coefficient (Wildman–Crippen LogP) is 3.22.